The van der Waals surface area contributed by atoms with E-state index >= 15 is 0 Å². The predicted molar refractivity (Wildman–Crippen MR) is 51.7 cm³/mol. The summed E-state index contributed by atoms with van der Waals surface area (Å²) in [6.45, 7) is 0. The van der Waals surface area contributed by atoms with Gasteiger partial charge in [0, 0.05) is 7.11 Å². The minimum Gasteiger partial charge on any atom is -0.478 e. The molecule has 0 aliphatic rings. The van der Waals surface area contributed by atoms with Crippen molar-refractivity contribution < 1.29 is 18.8 Å². The molecule has 0 radical (unpaired) electrons. The van der Waals surface area contributed by atoms with Crippen LogP contribution >= 0.6 is 0 Å². The molecule has 0 aliphatic carbocycles. The van der Waals surface area contributed by atoms with Crippen molar-refractivity contribution >= 4 is 16.8 Å². The summed E-state index contributed by atoms with van der Waals surface area (Å²) >= 11 is 0. The molecule has 1 rings (SSSR count). The first-order valence-corrected chi connectivity index (χ1v) is 5.18. The summed E-state index contributed by atoms with van der Waals surface area (Å²) in [4.78, 5) is 11.0. The summed E-state index contributed by atoms with van der Waals surface area (Å²) in [6, 6.07) is 6.19. The Morgan fingerprint density at radius 1 is 1.50 bits per heavy atom. The first-order valence-electron chi connectivity index (χ1n) is 3.86. The molecule has 0 bridgehead atoms. The van der Waals surface area contributed by atoms with Gasteiger partial charge in [0.2, 0.25) is 0 Å². The van der Waals surface area contributed by atoms with E-state index < -0.39 is 16.8 Å². The van der Waals surface area contributed by atoms with E-state index in [9.17, 15) is 9.00 Å². The van der Waals surface area contributed by atoms with Crippen molar-refractivity contribution in [3.63, 3.8) is 0 Å². The van der Waals surface area contributed by atoms with Crippen molar-refractivity contribution in [2.75, 3.05) is 13.0 Å². The summed E-state index contributed by atoms with van der Waals surface area (Å²) in [7, 11) is -0.000674. The molecule has 1 unspecified atom stereocenters. The fraction of sp³-hybridized carbons (Fsp3) is 0.222. The van der Waals surface area contributed by atoms with E-state index in [0.29, 0.717) is 4.90 Å². The highest BCUT2D eigenvalue weighted by Crippen LogP contribution is 2.13. The van der Waals surface area contributed by atoms with E-state index in [1.54, 1.807) is 12.1 Å². The quantitative estimate of drug-likeness (QED) is 0.815. The molecule has 76 valence electrons. The number of benzene rings is 1. The normalized spacial score (nSPS) is 12.4. The molecule has 1 aromatic carbocycles. The van der Waals surface area contributed by atoms with Crippen LogP contribution < -0.4 is 0 Å². The minimum atomic E-state index is -1.42. The molecule has 0 aromatic heterocycles. The number of methoxy groups -OCH3 is 1. The van der Waals surface area contributed by atoms with Gasteiger partial charge in [-0.15, -0.1) is 0 Å². The van der Waals surface area contributed by atoms with Crippen molar-refractivity contribution in [2.24, 2.45) is 0 Å². The van der Waals surface area contributed by atoms with Gasteiger partial charge in [0.15, 0.2) is 0 Å². The van der Waals surface area contributed by atoms with Gasteiger partial charge < -0.3 is 9.84 Å². The fourth-order valence-corrected chi connectivity index (χ4v) is 1.98. The first kappa shape index (κ1) is 10.9. The number of carboxylic acids is 1. The van der Waals surface area contributed by atoms with Crippen LogP contribution in [0.25, 0.3) is 0 Å². The number of carboxylic acid groups (broad SMARTS) is 1. The second-order valence-electron chi connectivity index (χ2n) is 2.55. The maximum absolute atomic E-state index is 11.5. The van der Waals surface area contributed by atoms with E-state index in [0.717, 1.165) is 0 Å². The van der Waals surface area contributed by atoms with Crippen LogP contribution in [0, 0.1) is 0 Å². The molecule has 1 N–H and O–H groups in total. The molecule has 1 aromatic rings. The standard InChI is InChI=1S/C9H10O4S/c1-13-6-14(12)8-5-3-2-4-7(8)9(10)11/h2-5H,6H2,1H3,(H,10,11). The Morgan fingerprint density at radius 3 is 2.71 bits per heavy atom. The van der Waals surface area contributed by atoms with Gasteiger partial charge in [-0.1, -0.05) is 12.1 Å². The van der Waals surface area contributed by atoms with Crippen LogP contribution in [0.2, 0.25) is 0 Å². The van der Waals surface area contributed by atoms with Gasteiger partial charge in [0.25, 0.3) is 0 Å². The predicted octanol–water partition coefficient (Wildman–Crippen LogP) is 1.10. The molecular weight excluding hydrogens is 204 g/mol. The van der Waals surface area contributed by atoms with E-state index in [1.807, 2.05) is 0 Å². The summed E-state index contributed by atoms with van der Waals surface area (Å²) < 4.78 is 16.2. The van der Waals surface area contributed by atoms with E-state index in [2.05, 4.69) is 0 Å². The van der Waals surface area contributed by atoms with Crippen LogP contribution in [0.1, 0.15) is 10.4 Å². The zero-order chi connectivity index (χ0) is 10.6. The van der Waals surface area contributed by atoms with Gasteiger partial charge in [0.05, 0.1) is 21.3 Å². The lowest BCUT2D eigenvalue weighted by Gasteiger charge is -2.04. The fourth-order valence-electron chi connectivity index (χ4n) is 1.01. The van der Waals surface area contributed by atoms with Crippen molar-refractivity contribution in [1.29, 1.82) is 0 Å². The van der Waals surface area contributed by atoms with E-state index in [1.165, 1.54) is 19.2 Å². The molecule has 0 fully saturated rings. The molecule has 0 aliphatic heterocycles. The summed E-state index contributed by atoms with van der Waals surface area (Å²) in [5.74, 6) is -1.07. The van der Waals surface area contributed by atoms with Gasteiger partial charge in [-0.05, 0) is 12.1 Å². The van der Waals surface area contributed by atoms with E-state index in [-0.39, 0.29) is 11.5 Å². The maximum Gasteiger partial charge on any atom is 0.336 e. The molecular formula is C9H10O4S. The van der Waals surface area contributed by atoms with Crippen molar-refractivity contribution in [1.82, 2.24) is 0 Å². The minimum absolute atomic E-state index is 0.00426. The van der Waals surface area contributed by atoms with Gasteiger partial charge in [-0.3, -0.25) is 4.21 Å². The highest BCUT2D eigenvalue weighted by Gasteiger charge is 2.13. The zero-order valence-corrected chi connectivity index (χ0v) is 8.41. The van der Waals surface area contributed by atoms with Crippen molar-refractivity contribution in [3.8, 4) is 0 Å². The highest BCUT2D eigenvalue weighted by molar-refractivity contribution is 7.85. The van der Waals surface area contributed by atoms with Gasteiger partial charge in [0.1, 0.15) is 5.94 Å². The second kappa shape index (κ2) is 4.88. The van der Waals surface area contributed by atoms with Crippen LogP contribution in [0.4, 0.5) is 0 Å². The summed E-state index contributed by atoms with van der Waals surface area (Å²) in [5.41, 5.74) is 0.0582. The third-order valence-corrected chi connectivity index (χ3v) is 2.88. The highest BCUT2D eigenvalue weighted by atomic mass is 32.2. The van der Waals surface area contributed by atoms with Crippen molar-refractivity contribution in [3.05, 3.63) is 29.8 Å². The molecule has 0 saturated heterocycles. The molecule has 14 heavy (non-hydrogen) atoms. The lowest BCUT2D eigenvalue weighted by atomic mass is 10.2. The van der Waals surface area contributed by atoms with Crippen LogP contribution in [0.15, 0.2) is 29.2 Å². The molecule has 5 heteroatoms. The number of hydrogen-bond acceptors (Lipinski definition) is 3. The largest absolute Gasteiger partial charge is 0.478 e. The third kappa shape index (κ3) is 2.40. The molecule has 0 heterocycles. The number of carbonyl (C=O) groups is 1. The smallest absolute Gasteiger partial charge is 0.336 e. The second-order valence-corrected chi connectivity index (χ2v) is 3.92. The lowest BCUT2D eigenvalue weighted by Crippen LogP contribution is -2.07. The Hall–Kier alpha value is -1.20. The molecule has 0 amide bonds. The number of hydrogen-bond donors (Lipinski definition) is 1. The average Bonchev–Trinajstić information content (AvgIpc) is 2.18. The Kier molecular flexibility index (Phi) is 3.79. The third-order valence-electron chi connectivity index (χ3n) is 1.59. The molecule has 0 saturated carbocycles. The van der Waals surface area contributed by atoms with Gasteiger partial charge >= 0.3 is 5.97 Å². The van der Waals surface area contributed by atoms with Crippen LogP contribution in [0.5, 0.6) is 0 Å². The summed E-state index contributed by atoms with van der Waals surface area (Å²) in [6.07, 6.45) is 0. The Labute approximate surface area is 84.0 Å². The van der Waals surface area contributed by atoms with Crippen LogP contribution in [0.3, 0.4) is 0 Å². The average molecular weight is 214 g/mol. The topological polar surface area (TPSA) is 63.6 Å². The van der Waals surface area contributed by atoms with E-state index in [4.69, 9.17) is 9.84 Å². The molecule has 4 nitrogen and oxygen atoms in total. The summed E-state index contributed by atoms with van der Waals surface area (Å²) in [5, 5.41) is 8.81. The Balaban J connectivity index is 3.07. The maximum atomic E-state index is 11.5. The monoisotopic (exact) mass is 214 g/mol. The zero-order valence-electron chi connectivity index (χ0n) is 7.60. The molecule has 1 atom stereocenters. The van der Waals surface area contributed by atoms with Crippen molar-refractivity contribution in [2.45, 2.75) is 4.90 Å². The number of aromatic carboxylic acids is 1. The van der Waals surface area contributed by atoms with Crippen LogP contribution in [-0.4, -0.2) is 28.3 Å². The number of ether oxygens (including phenoxy) is 1. The Morgan fingerprint density at radius 2 is 2.14 bits per heavy atom. The SMILES string of the molecule is COCS(=O)c1ccccc1C(=O)O. The Bertz CT molecular complexity index is 362. The van der Waals surface area contributed by atoms with Gasteiger partial charge in [-0.2, -0.15) is 0 Å². The number of rotatable bonds is 4. The first-order chi connectivity index (χ1) is 6.66. The van der Waals surface area contributed by atoms with Crippen LogP contribution in [-0.2, 0) is 15.5 Å². The molecule has 0 spiro atoms. The van der Waals surface area contributed by atoms with Gasteiger partial charge in [-0.25, -0.2) is 4.79 Å². The lowest BCUT2D eigenvalue weighted by molar-refractivity contribution is 0.0693.